The highest BCUT2D eigenvalue weighted by Crippen LogP contribution is 2.31. The van der Waals surface area contributed by atoms with Gasteiger partial charge in [-0.25, -0.2) is 0 Å². The summed E-state index contributed by atoms with van der Waals surface area (Å²) in [5.74, 6) is -0.0684. The number of nitrogens with two attached hydrogens (primary N) is 1. The zero-order valence-electron chi connectivity index (χ0n) is 12.5. The molecule has 0 saturated carbocycles. The lowest BCUT2D eigenvalue weighted by Crippen LogP contribution is -2.53. The van der Waals surface area contributed by atoms with Gasteiger partial charge in [0, 0.05) is 15.7 Å². The Morgan fingerprint density at radius 1 is 1.16 bits per heavy atom. The van der Waals surface area contributed by atoms with E-state index in [2.05, 4.69) is 21.2 Å². The van der Waals surface area contributed by atoms with E-state index in [4.69, 9.17) is 5.73 Å². The Labute approximate surface area is 124 Å². The minimum Gasteiger partial charge on any atom is -0.326 e. The molecule has 1 aromatic carbocycles. The number of halogens is 1. The second-order valence-electron chi connectivity index (χ2n) is 6.22. The highest BCUT2D eigenvalue weighted by molar-refractivity contribution is 9.10. The van der Waals surface area contributed by atoms with E-state index in [1.807, 2.05) is 53.7 Å². The summed E-state index contributed by atoms with van der Waals surface area (Å²) in [4.78, 5) is 12.4. The molecule has 0 spiro atoms. The molecule has 0 atom stereocenters. The van der Waals surface area contributed by atoms with Gasteiger partial charge in [-0.15, -0.1) is 0 Å². The fourth-order valence-corrected chi connectivity index (χ4v) is 1.83. The zero-order chi connectivity index (χ0) is 15.0. The van der Waals surface area contributed by atoms with Crippen LogP contribution in [0.3, 0.4) is 0 Å². The number of hydrogen-bond acceptors (Lipinski definition) is 2. The molecule has 19 heavy (non-hydrogen) atoms. The van der Waals surface area contributed by atoms with Crippen LogP contribution in [0.25, 0.3) is 0 Å². The van der Waals surface area contributed by atoms with Crippen molar-refractivity contribution in [1.29, 1.82) is 0 Å². The number of anilines is 1. The maximum Gasteiger partial charge on any atom is 0.231 e. The van der Waals surface area contributed by atoms with Crippen molar-refractivity contribution in [2.45, 2.75) is 47.1 Å². The van der Waals surface area contributed by atoms with E-state index in [0.717, 1.165) is 21.3 Å². The molecule has 0 aromatic heterocycles. The fraction of sp³-hybridized carbons (Fsp3) is 0.533. The topological polar surface area (TPSA) is 55.1 Å². The number of carbonyl (C=O) groups is 1. The number of nitrogens with one attached hydrogen (secondary N) is 1. The van der Waals surface area contributed by atoms with E-state index in [0.29, 0.717) is 0 Å². The van der Waals surface area contributed by atoms with Crippen LogP contribution in [0.2, 0.25) is 0 Å². The van der Waals surface area contributed by atoms with Crippen molar-refractivity contribution in [1.82, 2.24) is 0 Å². The van der Waals surface area contributed by atoms with Gasteiger partial charge in [-0.3, -0.25) is 4.79 Å². The largest absolute Gasteiger partial charge is 0.326 e. The number of amides is 1. The lowest BCUT2D eigenvalue weighted by atomic mass is 9.74. The quantitative estimate of drug-likeness (QED) is 0.888. The molecule has 4 heteroatoms. The summed E-state index contributed by atoms with van der Waals surface area (Å²) in [6, 6.07) is 3.91. The van der Waals surface area contributed by atoms with E-state index in [1.54, 1.807) is 0 Å². The Bertz CT molecular complexity index is 478. The fourth-order valence-electron chi connectivity index (χ4n) is 1.60. The van der Waals surface area contributed by atoms with E-state index in [1.165, 1.54) is 0 Å². The van der Waals surface area contributed by atoms with Crippen LogP contribution in [0.15, 0.2) is 16.6 Å². The maximum absolute atomic E-state index is 12.4. The number of hydrogen-bond donors (Lipinski definition) is 2. The van der Waals surface area contributed by atoms with Crippen molar-refractivity contribution in [3.63, 3.8) is 0 Å². The first-order chi connectivity index (χ1) is 8.46. The number of carbonyl (C=O) groups excluding carboxylic acids is 1. The predicted octanol–water partition coefficient (Wildman–Crippen LogP) is 3.77. The van der Waals surface area contributed by atoms with Gasteiger partial charge in [0.1, 0.15) is 0 Å². The van der Waals surface area contributed by atoms with Crippen LogP contribution < -0.4 is 11.1 Å². The van der Waals surface area contributed by atoms with E-state index < -0.39 is 11.0 Å². The van der Waals surface area contributed by atoms with E-state index in [9.17, 15) is 4.79 Å². The summed E-state index contributed by atoms with van der Waals surface area (Å²) in [6.07, 6.45) is 0. The molecule has 3 nitrogen and oxygen atoms in total. The van der Waals surface area contributed by atoms with Crippen LogP contribution in [-0.4, -0.2) is 11.4 Å². The van der Waals surface area contributed by atoms with Crippen LogP contribution in [0.1, 0.15) is 38.8 Å². The van der Waals surface area contributed by atoms with Crippen LogP contribution in [0.4, 0.5) is 5.69 Å². The van der Waals surface area contributed by atoms with Crippen molar-refractivity contribution in [3.8, 4) is 0 Å². The Kier molecular flexibility index (Phi) is 4.47. The Morgan fingerprint density at radius 3 is 1.95 bits per heavy atom. The molecule has 0 saturated heterocycles. The molecule has 1 aromatic rings. The predicted molar refractivity (Wildman–Crippen MR) is 84.3 cm³/mol. The van der Waals surface area contributed by atoms with Gasteiger partial charge in [0.25, 0.3) is 0 Å². The smallest absolute Gasteiger partial charge is 0.231 e. The molecule has 1 rings (SSSR count). The summed E-state index contributed by atoms with van der Waals surface area (Å²) in [5.41, 5.74) is 7.85. The van der Waals surface area contributed by atoms with Crippen LogP contribution in [0.5, 0.6) is 0 Å². The van der Waals surface area contributed by atoms with Gasteiger partial charge in [-0.2, -0.15) is 0 Å². The first kappa shape index (κ1) is 16.2. The van der Waals surface area contributed by atoms with Crippen molar-refractivity contribution in [2.24, 2.45) is 11.1 Å². The van der Waals surface area contributed by atoms with Gasteiger partial charge in [-0.1, -0.05) is 15.9 Å². The molecule has 3 N–H and O–H groups in total. The molecule has 106 valence electrons. The molecule has 0 fully saturated rings. The Morgan fingerprint density at radius 2 is 1.58 bits per heavy atom. The standard InChI is InChI=1S/C15H23BrN2O/c1-9-7-11(8-10(2)12(9)16)18-13(19)14(3,4)15(5,6)17/h7-8H,17H2,1-6H3,(H,18,19). The molecule has 0 aliphatic rings. The molecule has 0 aliphatic heterocycles. The van der Waals surface area contributed by atoms with E-state index >= 15 is 0 Å². The van der Waals surface area contributed by atoms with Gasteiger partial charge >= 0.3 is 0 Å². The Hall–Kier alpha value is -0.870. The third-order valence-corrected chi connectivity index (χ3v) is 5.12. The average molecular weight is 327 g/mol. The van der Waals surface area contributed by atoms with Gasteiger partial charge in [0.05, 0.1) is 5.41 Å². The van der Waals surface area contributed by atoms with Crippen LogP contribution in [-0.2, 0) is 4.79 Å². The molecule has 1 amide bonds. The van der Waals surface area contributed by atoms with Gasteiger partial charge in [0.2, 0.25) is 5.91 Å². The van der Waals surface area contributed by atoms with Crippen LogP contribution >= 0.6 is 15.9 Å². The second kappa shape index (κ2) is 5.25. The van der Waals surface area contributed by atoms with Gasteiger partial charge in [0.15, 0.2) is 0 Å². The highest BCUT2D eigenvalue weighted by Gasteiger charge is 2.40. The lowest BCUT2D eigenvalue weighted by molar-refractivity contribution is -0.126. The molecular weight excluding hydrogens is 304 g/mol. The summed E-state index contributed by atoms with van der Waals surface area (Å²) in [5, 5.41) is 2.96. The third-order valence-electron chi connectivity index (χ3n) is 3.87. The third kappa shape index (κ3) is 3.37. The molecule has 0 unspecified atom stereocenters. The number of rotatable bonds is 3. The van der Waals surface area contributed by atoms with Crippen molar-refractivity contribution in [2.75, 3.05) is 5.32 Å². The van der Waals surface area contributed by atoms with Crippen molar-refractivity contribution in [3.05, 3.63) is 27.7 Å². The second-order valence-corrected chi connectivity index (χ2v) is 7.02. The average Bonchev–Trinajstić information content (AvgIpc) is 2.24. The lowest BCUT2D eigenvalue weighted by Gasteiger charge is -2.36. The summed E-state index contributed by atoms with van der Waals surface area (Å²) in [6.45, 7) is 11.5. The zero-order valence-corrected chi connectivity index (χ0v) is 14.1. The van der Waals surface area contributed by atoms with Gasteiger partial charge < -0.3 is 11.1 Å². The summed E-state index contributed by atoms with van der Waals surface area (Å²) < 4.78 is 1.07. The number of benzene rings is 1. The number of aryl methyl sites for hydroxylation is 2. The summed E-state index contributed by atoms with van der Waals surface area (Å²) >= 11 is 3.52. The minimum absolute atomic E-state index is 0.0684. The normalized spacial score (nSPS) is 12.4. The van der Waals surface area contributed by atoms with E-state index in [-0.39, 0.29) is 5.91 Å². The molecule has 0 radical (unpaired) electrons. The maximum atomic E-state index is 12.4. The summed E-state index contributed by atoms with van der Waals surface area (Å²) in [7, 11) is 0. The van der Waals surface area contributed by atoms with Gasteiger partial charge in [-0.05, 0) is 64.8 Å². The van der Waals surface area contributed by atoms with Crippen molar-refractivity contribution < 1.29 is 4.79 Å². The monoisotopic (exact) mass is 326 g/mol. The molecule has 0 aliphatic carbocycles. The molecule has 0 bridgehead atoms. The first-order valence-corrected chi connectivity index (χ1v) is 7.13. The SMILES string of the molecule is Cc1cc(NC(=O)C(C)(C)C(C)(C)N)cc(C)c1Br. The minimum atomic E-state index is -0.651. The first-order valence-electron chi connectivity index (χ1n) is 6.34. The molecule has 0 heterocycles. The Balaban J connectivity index is 3.02. The van der Waals surface area contributed by atoms with Crippen LogP contribution in [0, 0.1) is 19.3 Å². The van der Waals surface area contributed by atoms with Crippen molar-refractivity contribution >= 4 is 27.5 Å². The highest BCUT2D eigenvalue weighted by atomic mass is 79.9. The molecular formula is C15H23BrN2O.